The maximum Gasteiger partial charge on any atom is 0.254 e. The van der Waals surface area contributed by atoms with Crippen LogP contribution in [0.3, 0.4) is 0 Å². The lowest BCUT2D eigenvalue weighted by atomic mass is 9.85. The van der Waals surface area contributed by atoms with Crippen molar-refractivity contribution in [2.24, 2.45) is 16.6 Å². The Kier molecular flexibility index (Phi) is 5.38. The Balaban J connectivity index is 1.91. The maximum absolute atomic E-state index is 11.9. The van der Waals surface area contributed by atoms with Gasteiger partial charge in [-0.3, -0.25) is 9.48 Å². The van der Waals surface area contributed by atoms with Gasteiger partial charge in [-0.1, -0.05) is 24.4 Å². The van der Waals surface area contributed by atoms with E-state index < -0.39 is 5.91 Å². The molecule has 1 heterocycles. The number of carbonyl (C=O) groups is 1. The molecule has 1 aromatic carbocycles. The van der Waals surface area contributed by atoms with Gasteiger partial charge in [0.05, 0.1) is 6.04 Å². The van der Waals surface area contributed by atoms with Crippen LogP contribution in [0.4, 0.5) is 11.5 Å². The predicted octanol–water partition coefficient (Wildman–Crippen LogP) is 3.81. The van der Waals surface area contributed by atoms with E-state index in [4.69, 9.17) is 17.3 Å². The number of amides is 1. The van der Waals surface area contributed by atoms with Gasteiger partial charge < -0.3 is 16.0 Å². The van der Waals surface area contributed by atoms with Crippen LogP contribution in [0.15, 0.2) is 35.5 Å². The van der Waals surface area contributed by atoms with Gasteiger partial charge in [-0.05, 0) is 37.1 Å². The molecule has 3 rings (SSSR count). The molecule has 0 bridgehead atoms. The molecule has 1 aliphatic rings. The molecule has 0 radical (unpaired) electrons. The van der Waals surface area contributed by atoms with Gasteiger partial charge in [-0.25, -0.2) is 0 Å². The molecule has 6 nitrogen and oxygen atoms in total. The fourth-order valence-corrected chi connectivity index (χ4v) is 3.46. The van der Waals surface area contributed by atoms with Gasteiger partial charge in [-0.2, -0.15) is 5.10 Å². The summed E-state index contributed by atoms with van der Waals surface area (Å²) in [7, 11) is 1.79. The van der Waals surface area contributed by atoms with E-state index >= 15 is 0 Å². The third kappa shape index (κ3) is 4.02. The summed E-state index contributed by atoms with van der Waals surface area (Å²) in [5.41, 5.74) is 6.73. The van der Waals surface area contributed by atoms with Gasteiger partial charge in [0, 0.05) is 36.1 Å². The van der Waals surface area contributed by atoms with E-state index in [2.05, 4.69) is 15.4 Å². The Morgan fingerprint density at radius 2 is 2.08 bits per heavy atom. The number of hydrogen-bond acceptors (Lipinski definition) is 4. The van der Waals surface area contributed by atoms with Crippen molar-refractivity contribution in [1.82, 2.24) is 9.78 Å². The predicted molar refractivity (Wildman–Crippen MR) is 101 cm³/mol. The van der Waals surface area contributed by atoms with Crippen molar-refractivity contribution in [3.8, 4) is 0 Å². The van der Waals surface area contributed by atoms with E-state index in [1.807, 2.05) is 23.0 Å². The van der Waals surface area contributed by atoms with Crippen LogP contribution in [0.1, 0.15) is 42.1 Å². The van der Waals surface area contributed by atoms with Crippen LogP contribution in [0.5, 0.6) is 0 Å². The number of aromatic nitrogens is 2. The maximum atomic E-state index is 11.9. The fourth-order valence-electron chi connectivity index (χ4n) is 3.34. The first-order valence-electron chi connectivity index (χ1n) is 8.42. The average molecular weight is 360 g/mol. The second kappa shape index (κ2) is 7.70. The van der Waals surface area contributed by atoms with Crippen LogP contribution < -0.4 is 11.1 Å². The van der Waals surface area contributed by atoms with Crippen molar-refractivity contribution < 1.29 is 4.79 Å². The Labute approximate surface area is 152 Å². The molecule has 7 heteroatoms. The van der Waals surface area contributed by atoms with Crippen molar-refractivity contribution in [2.75, 3.05) is 12.4 Å². The van der Waals surface area contributed by atoms with Gasteiger partial charge >= 0.3 is 0 Å². The standard InChI is InChI=1S/C18H22ClN5O/c1-21-10-12-4-2-3-5-16(12)24-11-15(17(20)25)18(23-24)22-14-8-6-13(19)7-9-14/h6-12,16H,2-5H2,1H3,(H2,20,25)(H,22,23). The summed E-state index contributed by atoms with van der Waals surface area (Å²) in [5, 5.41) is 8.43. The minimum atomic E-state index is -0.501. The quantitative estimate of drug-likeness (QED) is 0.796. The highest BCUT2D eigenvalue weighted by atomic mass is 35.5. The molecule has 25 heavy (non-hydrogen) atoms. The number of benzene rings is 1. The van der Waals surface area contributed by atoms with E-state index in [9.17, 15) is 4.79 Å². The molecule has 0 aliphatic heterocycles. The van der Waals surface area contributed by atoms with E-state index in [1.165, 1.54) is 6.42 Å². The zero-order valence-electron chi connectivity index (χ0n) is 14.2. The third-order valence-corrected chi connectivity index (χ3v) is 4.82. The number of halogens is 1. The molecule has 1 aliphatic carbocycles. The minimum absolute atomic E-state index is 0.191. The molecular formula is C18H22ClN5O. The molecule has 1 aromatic heterocycles. The fraction of sp³-hybridized carbons (Fsp3) is 0.389. The van der Waals surface area contributed by atoms with E-state index in [1.54, 1.807) is 25.4 Å². The molecule has 2 unspecified atom stereocenters. The lowest BCUT2D eigenvalue weighted by Crippen LogP contribution is -2.25. The summed E-state index contributed by atoms with van der Waals surface area (Å²) >= 11 is 5.91. The van der Waals surface area contributed by atoms with Gasteiger partial charge in [0.1, 0.15) is 5.56 Å². The third-order valence-electron chi connectivity index (χ3n) is 4.57. The van der Waals surface area contributed by atoms with Crippen LogP contribution in [-0.4, -0.2) is 28.9 Å². The van der Waals surface area contributed by atoms with Crippen LogP contribution in [0, 0.1) is 5.92 Å². The zero-order valence-corrected chi connectivity index (χ0v) is 14.9. The SMILES string of the molecule is CN=CC1CCCCC1n1cc(C(N)=O)c(Nc2ccc(Cl)cc2)n1. The molecule has 3 N–H and O–H groups in total. The van der Waals surface area contributed by atoms with E-state index in [0.717, 1.165) is 24.9 Å². The molecule has 1 fully saturated rings. The Morgan fingerprint density at radius 1 is 1.36 bits per heavy atom. The lowest BCUT2D eigenvalue weighted by Gasteiger charge is -2.29. The first-order valence-corrected chi connectivity index (χ1v) is 8.80. The number of rotatable bonds is 5. The van der Waals surface area contributed by atoms with Crippen LogP contribution >= 0.6 is 11.6 Å². The monoisotopic (exact) mass is 359 g/mol. The lowest BCUT2D eigenvalue weighted by molar-refractivity contribution is 0.100. The van der Waals surface area contributed by atoms with Crippen molar-refractivity contribution in [3.05, 3.63) is 41.0 Å². The summed E-state index contributed by atoms with van der Waals surface area (Å²) in [6.07, 6.45) is 8.15. The molecule has 2 aromatic rings. The first-order chi connectivity index (χ1) is 12.1. The average Bonchev–Trinajstić information content (AvgIpc) is 3.02. The first kappa shape index (κ1) is 17.5. The summed E-state index contributed by atoms with van der Waals surface area (Å²) in [4.78, 5) is 16.0. The second-order valence-electron chi connectivity index (χ2n) is 6.29. The van der Waals surface area contributed by atoms with E-state index in [-0.39, 0.29) is 6.04 Å². The summed E-state index contributed by atoms with van der Waals surface area (Å²) in [5.74, 6) is 0.287. The highest BCUT2D eigenvalue weighted by molar-refractivity contribution is 6.30. The van der Waals surface area contributed by atoms with Gasteiger partial charge in [0.15, 0.2) is 5.82 Å². The molecule has 0 saturated heterocycles. The number of nitrogens with two attached hydrogens (primary N) is 1. The van der Waals surface area contributed by atoms with Crippen LogP contribution in [-0.2, 0) is 0 Å². The molecule has 2 atom stereocenters. The number of hydrogen-bond donors (Lipinski definition) is 2. The second-order valence-corrected chi connectivity index (χ2v) is 6.73. The molecule has 0 spiro atoms. The van der Waals surface area contributed by atoms with Crippen LogP contribution in [0.2, 0.25) is 5.02 Å². The Hall–Kier alpha value is -2.34. The van der Waals surface area contributed by atoms with Crippen molar-refractivity contribution in [3.63, 3.8) is 0 Å². The molecule has 1 saturated carbocycles. The Morgan fingerprint density at radius 3 is 2.76 bits per heavy atom. The van der Waals surface area contributed by atoms with Gasteiger partial charge in [-0.15, -0.1) is 0 Å². The normalized spacial score (nSPS) is 20.7. The minimum Gasteiger partial charge on any atom is -0.365 e. The molecular weight excluding hydrogens is 338 g/mol. The highest BCUT2D eigenvalue weighted by Gasteiger charge is 2.27. The molecule has 132 valence electrons. The summed E-state index contributed by atoms with van der Waals surface area (Å²) in [6.45, 7) is 0. The largest absolute Gasteiger partial charge is 0.365 e. The van der Waals surface area contributed by atoms with Crippen molar-refractivity contribution in [2.45, 2.75) is 31.7 Å². The number of carbonyl (C=O) groups excluding carboxylic acids is 1. The van der Waals surface area contributed by atoms with Crippen molar-refractivity contribution in [1.29, 1.82) is 0 Å². The number of nitrogens with one attached hydrogen (secondary N) is 1. The topological polar surface area (TPSA) is 85.3 Å². The number of nitrogens with zero attached hydrogens (tertiary/aromatic N) is 3. The van der Waals surface area contributed by atoms with E-state index in [0.29, 0.717) is 22.3 Å². The number of anilines is 2. The summed E-state index contributed by atoms with van der Waals surface area (Å²) < 4.78 is 1.86. The highest BCUT2D eigenvalue weighted by Crippen LogP contribution is 2.34. The van der Waals surface area contributed by atoms with Crippen LogP contribution in [0.25, 0.3) is 0 Å². The molecule has 1 amide bonds. The number of aliphatic imine (C=N–C) groups is 1. The Bertz CT molecular complexity index is 768. The zero-order chi connectivity index (χ0) is 17.8. The van der Waals surface area contributed by atoms with Gasteiger partial charge in [0.2, 0.25) is 0 Å². The van der Waals surface area contributed by atoms with Crippen molar-refractivity contribution >= 4 is 35.2 Å². The smallest absolute Gasteiger partial charge is 0.254 e. The summed E-state index contributed by atoms with van der Waals surface area (Å²) in [6, 6.07) is 7.41. The number of primary amides is 1. The van der Waals surface area contributed by atoms with Gasteiger partial charge in [0.25, 0.3) is 5.91 Å².